The number of aliphatic imine (C=N–C) groups is 1. The Morgan fingerprint density at radius 1 is 1.12 bits per heavy atom. The van der Waals surface area contributed by atoms with Gasteiger partial charge in [-0.05, 0) is 42.8 Å². The van der Waals surface area contributed by atoms with Gasteiger partial charge in [0, 0.05) is 48.8 Å². The van der Waals surface area contributed by atoms with Gasteiger partial charge in [-0.15, -0.1) is 0 Å². The van der Waals surface area contributed by atoms with Gasteiger partial charge in [0.2, 0.25) is 0 Å². The molecule has 2 heterocycles. The number of nitrogens with two attached hydrogens (primary N) is 1. The number of halogens is 1. The van der Waals surface area contributed by atoms with Crippen molar-refractivity contribution in [1.29, 1.82) is 0 Å². The number of anilines is 1. The van der Waals surface area contributed by atoms with Crippen molar-refractivity contribution in [2.45, 2.75) is 13.5 Å². The fourth-order valence-electron chi connectivity index (χ4n) is 2.71. The smallest absolute Gasteiger partial charge is 0.191 e. The molecule has 1 aromatic heterocycles. The van der Waals surface area contributed by atoms with Crippen LogP contribution in [-0.4, -0.2) is 42.0 Å². The third-order valence-corrected chi connectivity index (χ3v) is 4.44. The van der Waals surface area contributed by atoms with Crippen molar-refractivity contribution < 1.29 is 0 Å². The zero-order valence-electron chi connectivity index (χ0n) is 13.8. The molecule has 1 saturated heterocycles. The monoisotopic (exact) mass is 343 g/mol. The maximum Gasteiger partial charge on any atom is 0.191 e. The Morgan fingerprint density at radius 3 is 2.46 bits per heavy atom. The lowest BCUT2D eigenvalue weighted by Crippen LogP contribution is -2.51. The van der Waals surface area contributed by atoms with E-state index in [2.05, 4.69) is 31.9 Å². The van der Waals surface area contributed by atoms with Gasteiger partial charge in [-0.2, -0.15) is 0 Å². The number of benzene rings is 1. The number of hydrogen-bond acceptors (Lipinski definition) is 3. The minimum atomic E-state index is 0.566. The van der Waals surface area contributed by atoms with Crippen LogP contribution in [0.25, 0.3) is 0 Å². The van der Waals surface area contributed by atoms with Crippen LogP contribution in [0.5, 0.6) is 0 Å². The summed E-state index contributed by atoms with van der Waals surface area (Å²) >= 11 is 5.95. The maximum atomic E-state index is 6.15. The van der Waals surface area contributed by atoms with E-state index in [0.29, 0.717) is 12.5 Å². The van der Waals surface area contributed by atoms with Crippen molar-refractivity contribution in [3.05, 3.63) is 58.9 Å². The summed E-state index contributed by atoms with van der Waals surface area (Å²) < 4.78 is 0. The number of nitrogens with zero attached hydrogens (tertiary/aromatic N) is 4. The maximum absolute atomic E-state index is 6.15. The van der Waals surface area contributed by atoms with E-state index >= 15 is 0 Å². The van der Waals surface area contributed by atoms with Gasteiger partial charge in [-0.3, -0.25) is 4.98 Å². The lowest BCUT2D eigenvalue weighted by atomic mass is 10.2. The highest BCUT2D eigenvalue weighted by Gasteiger charge is 2.18. The first-order valence-electron chi connectivity index (χ1n) is 8.09. The molecule has 6 heteroatoms. The standard InChI is InChI=1S/C18H22ClN5/c1-14-2-3-15(12-21-14)13-22-18(20)24-10-8-23(9-11-24)17-6-4-16(19)5-7-17/h2-7,12H,8-11,13H2,1H3,(H2,20,22). The molecule has 0 radical (unpaired) electrons. The van der Waals surface area contributed by atoms with Crippen LogP contribution in [0.1, 0.15) is 11.3 Å². The summed E-state index contributed by atoms with van der Waals surface area (Å²) in [5.41, 5.74) is 9.43. The summed E-state index contributed by atoms with van der Waals surface area (Å²) in [6.45, 7) is 6.11. The number of piperazine rings is 1. The lowest BCUT2D eigenvalue weighted by molar-refractivity contribution is 0.380. The number of pyridine rings is 1. The Kier molecular flexibility index (Phi) is 5.20. The first kappa shape index (κ1) is 16.6. The first-order chi connectivity index (χ1) is 11.6. The predicted octanol–water partition coefficient (Wildman–Crippen LogP) is 2.68. The normalized spacial score (nSPS) is 15.7. The van der Waals surface area contributed by atoms with Gasteiger partial charge in [0.05, 0.1) is 6.54 Å². The molecule has 126 valence electrons. The minimum absolute atomic E-state index is 0.566. The number of aromatic nitrogens is 1. The molecule has 0 saturated carbocycles. The Hall–Kier alpha value is -2.27. The largest absolute Gasteiger partial charge is 0.370 e. The minimum Gasteiger partial charge on any atom is -0.370 e. The second kappa shape index (κ2) is 7.53. The summed E-state index contributed by atoms with van der Waals surface area (Å²) in [6, 6.07) is 12.0. The predicted molar refractivity (Wildman–Crippen MR) is 99.5 cm³/mol. The summed E-state index contributed by atoms with van der Waals surface area (Å²) in [6.07, 6.45) is 1.85. The van der Waals surface area contributed by atoms with Crippen molar-refractivity contribution in [3.8, 4) is 0 Å². The molecule has 2 aromatic rings. The van der Waals surface area contributed by atoms with E-state index in [1.807, 2.05) is 37.4 Å². The average molecular weight is 344 g/mol. The van der Waals surface area contributed by atoms with Crippen molar-refractivity contribution >= 4 is 23.2 Å². The van der Waals surface area contributed by atoms with E-state index in [9.17, 15) is 0 Å². The second-order valence-electron chi connectivity index (χ2n) is 5.93. The summed E-state index contributed by atoms with van der Waals surface area (Å²) in [5, 5.41) is 0.763. The average Bonchev–Trinajstić information content (AvgIpc) is 2.62. The van der Waals surface area contributed by atoms with E-state index in [1.54, 1.807) is 0 Å². The van der Waals surface area contributed by atoms with Gasteiger partial charge in [-0.1, -0.05) is 17.7 Å². The molecule has 0 unspecified atom stereocenters. The molecule has 1 aromatic carbocycles. The van der Waals surface area contributed by atoms with E-state index < -0.39 is 0 Å². The van der Waals surface area contributed by atoms with E-state index in [1.165, 1.54) is 5.69 Å². The third kappa shape index (κ3) is 4.17. The zero-order chi connectivity index (χ0) is 16.9. The first-order valence-corrected chi connectivity index (χ1v) is 8.46. The van der Waals surface area contributed by atoms with Crippen LogP contribution in [0, 0.1) is 6.92 Å². The Balaban J connectivity index is 1.54. The third-order valence-electron chi connectivity index (χ3n) is 4.19. The fraction of sp³-hybridized carbons (Fsp3) is 0.333. The molecule has 5 nitrogen and oxygen atoms in total. The number of hydrogen-bond donors (Lipinski definition) is 1. The molecule has 0 aliphatic carbocycles. The summed E-state index contributed by atoms with van der Waals surface area (Å²) in [7, 11) is 0. The molecule has 0 bridgehead atoms. The van der Waals surface area contributed by atoms with Crippen LogP contribution in [0.4, 0.5) is 5.69 Å². The van der Waals surface area contributed by atoms with Gasteiger partial charge in [0.1, 0.15) is 0 Å². The van der Waals surface area contributed by atoms with Crippen LogP contribution >= 0.6 is 11.6 Å². The lowest BCUT2D eigenvalue weighted by Gasteiger charge is -2.36. The topological polar surface area (TPSA) is 57.8 Å². The molecule has 24 heavy (non-hydrogen) atoms. The highest BCUT2D eigenvalue weighted by Crippen LogP contribution is 2.19. The molecule has 3 rings (SSSR count). The van der Waals surface area contributed by atoms with Gasteiger partial charge >= 0.3 is 0 Å². The molecule has 1 aliphatic rings. The number of aryl methyl sites for hydroxylation is 1. The van der Waals surface area contributed by atoms with Crippen LogP contribution in [-0.2, 0) is 6.54 Å². The highest BCUT2D eigenvalue weighted by molar-refractivity contribution is 6.30. The molecule has 1 fully saturated rings. The van der Waals surface area contributed by atoms with Crippen molar-refractivity contribution in [3.63, 3.8) is 0 Å². The van der Waals surface area contributed by atoms with Crippen molar-refractivity contribution in [2.24, 2.45) is 10.7 Å². The van der Waals surface area contributed by atoms with Crippen molar-refractivity contribution in [2.75, 3.05) is 31.1 Å². The molecule has 0 atom stereocenters. The Morgan fingerprint density at radius 2 is 1.83 bits per heavy atom. The molecule has 0 amide bonds. The molecule has 2 N–H and O–H groups in total. The summed E-state index contributed by atoms with van der Waals surface area (Å²) in [5.74, 6) is 0.603. The summed E-state index contributed by atoms with van der Waals surface area (Å²) in [4.78, 5) is 13.3. The van der Waals surface area contributed by atoms with Gasteiger partial charge in [-0.25, -0.2) is 4.99 Å². The van der Waals surface area contributed by atoms with Crippen LogP contribution < -0.4 is 10.6 Å². The fourth-order valence-corrected chi connectivity index (χ4v) is 2.84. The van der Waals surface area contributed by atoms with Crippen LogP contribution in [0.15, 0.2) is 47.6 Å². The second-order valence-corrected chi connectivity index (χ2v) is 6.37. The Bertz CT molecular complexity index is 688. The number of rotatable bonds is 3. The zero-order valence-corrected chi connectivity index (χ0v) is 14.6. The number of guanidine groups is 1. The van der Waals surface area contributed by atoms with Gasteiger partial charge < -0.3 is 15.5 Å². The van der Waals surface area contributed by atoms with E-state index in [-0.39, 0.29) is 0 Å². The van der Waals surface area contributed by atoms with Gasteiger partial charge in [0.25, 0.3) is 0 Å². The quantitative estimate of drug-likeness (QED) is 0.687. The van der Waals surface area contributed by atoms with Crippen molar-refractivity contribution in [1.82, 2.24) is 9.88 Å². The molecular weight excluding hydrogens is 322 g/mol. The molecule has 0 spiro atoms. The van der Waals surface area contributed by atoms with Crippen LogP contribution in [0.2, 0.25) is 5.02 Å². The van der Waals surface area contributed by atoms with E-state index in [4.69, 9.17) is 17.3 Å². The highest BCUT2D eigenvalue weighted by atomic mass is 35.5. The molecule has 1 aliphatic heterocycles. The van der Waals surface area contributed by atoms with Gasteiger partial charge in [0.15, 0.2) is 5.96 Å². The Labute approximate surface area is 147 Å². The van der Waals surface area contributed by atoms with E-state index in [0.717, 1.165) is 42.5 Å². The molecular formula is C18H22ClN5. The SMILES string of the molecule is Cc1ccc(CN=C(N)N2CCN(c3ccc(Cl)cc3)CC2)cn1. The van der Waals surface area contributed by atoms with Crippen LogP contribution in [0.3, 0.4) is 0 Å².